The number of ether oxygens (including phenoxy) is 1. The molecule has 0 N–H and O–H groups in total. The number of nitriles is 2. The molecule has 0 fully saturated rings. The molecule has 0 radical (unpaired) electrons. The number of carbonyl (C=O) groups is 1. The molecular weight excluding hydrogens is 336 g/mol. The minimum Gasteiger partial charge on any atom is -0.487 e. The van der Waals surface area contributed by atoms with E-state index in [1.54, 1.807) is 17.4 Å². The number of nitrogens with zero attached hydrogens (tertiary/aromatic N) is 4. The average molecular weight is 352 g/mol. The molecule has 0 unspecified atom stereocenters. The molecule has 0 aliphatic heterocycles. The summed E-state index contributed by atoms with van der Waals surface area (Å²) in [6.07, 6.45) is 2.97. The van der Waals surface area contributed by atoms with E-state index in [1.807, 2.05) is 48.7 Å². The molecule has 2 aromatic rings. The highest BCUT2D eigenvalue weighted by molar-refractivity contribution is 7.09. The molecule has 0 saturated heterocycles. The molecule has 1 aromatic heterocycles. The van der Waals surface area contributed by atoms with Gasteiger partial charge in [-0.2, -0.15) is 10.5 Å². The van der Waals surface area contributed by atoms with E-state index >= 15 is 0 Å². The van der Waals surface area contributed by atoms with Crippen molar-refractivity contribution in [2.24, 2.45) is 0 Å². The maximum atomic E-state index is 12.0. The highest BCUT2D eigenvalue weighted by Crippen LogP contribution is 2.17. The minimum absolute atomic E-state index is 0.118. The highest BCUT2D eigenvalue weighted by atomic mass is 32.1. The van der Waals surface area contributed by atoms with E-state index in [0.717, 1.165) is 16.3 Å². The van der Waals surface area contributed by atoms with E-state index in [-0.39, 0.29) is 19.0 Å². The fourth-order valence-corrected chi connectivity index (χ4v) is 2.59. The van der Waals surface area contributed by atoms with Crippen LogP contribution in [0.1, 0.15) is 16.3 Å². The first-order chi connectivity index (χ1) is 12.1. The maximum Gasteiger partial charge on any atom is 0.248 e. The predicted molar refractivity (Wildman–Crippen MR) is 94.5 cm³/mol. The number of carbonyl (C=O) groups excluding carboxylic acids is 1. The lowest BCUT2D eigenvalue weighted by atomic mass is 10.2. The Kier molecular flexibility index (Phi) is 6.70. The molecule has 1 heterocycles. The average Bonchev–Trinajstić information content (AvgIpc) is 3.03. The van der Waals surface area contributed by atoms with Gasteiger partial charge in [-0.3, -0.25) is 4.79 Å². The van der Waals surface area contributed by atoms with Gasteiger partial charge in [0.1, 0.15) is 25.4 Å². The number of rotatable bonds is 7. The third-order valence-electron chi connectivity index (χ3n) is 3.16. The Hall–Kier alpha value is -3.16. The van der Waals surface area contributed by atoms with E-state index < -0.39 is 0 Å². The van der Waals surface area contributed by atoms with Crippen molar-refractivity contribution in [1.29, 1.82) is 10.5 Å². The van der Waals surface area contributed by atoms with Crippen molar-refractivity contribution in [3.8, 4) is 17.9 Å². The smallest absolute Gasteiger partial charge is 0.248 e. The molecule has 0 atom stereocenters. The Labute approximate surface area is 150 Å². The molecular formula is C18H16N4O2S. The van der Waals surface area contributed by atoms with E-state index in [2.05, 4.69) is 4.98 Å². The van der Waals surface area contributed by atoms with E-state index in [9.17, 15) is 4.79 Å². The van der Waals surface area contributed by atoms with Gasteiger partial charge in [-0.05, 0) is 30.7 Å². The third-order valence-corrected chi connectivity index (χ3v) is 3.99. The first-order valence-electron chi connectivity index (χ1n) is 7.47. The van der Waals surface area contributed by atoms with Crippen LogP contribution in [-0.4, -0.2) is 28.9 Å². The van der Waals surface area contributed by atoms with Crippen LogP contribution in [-0.2, 0) is 11.4 Å². The second-order valence-electron chi connectivity index (χ2n) is 5.06. The molecule has 7 heteroatoms. The van der Waals surface area contributed by atoms with Crippen molar-refractivity contribution in [1.82, 2.24) is 9.88 Å². The number of aryl methyl sites for hydroxylation is 1. The van der Waals surface area contributed by atoms with Gasteiger partial charge in [-0.1, -0.05) is 12.1 Å². The van der Waals surface area contributed by atoms with Gasteiger partial charge < -0.3 is 9.64 Å². The lowest BCUT2D eigenvalue weighted by Crippen LogP contribution is -2.30. The number of hydrogen-bond donors (Lipinski definition) is 0. The Bertz CT molecular complexity index is 829. The van der Waals surface area contributed by atoms with Crippen LogP contribution in [0.15, 0.2) is 35.7 Å². The Morgan fingerprint density at radius 1 is 1.36 bits per heavy atom. The summed E-state index contributed by atoms with van der Waals surface area (Å²) in [4.78, 5) is 17.5. The molecule has 6 nitrogen and oxygen atoms in total. The topological polar surface area (TPSA) is 90.0 Å². The molecule has 2 rings (SSSR count). The summed E-state index contributed by atoms with van der Waals surface area (Å²) in [5.74, 6) is 0.290. The summed E-state index contributed by atoms with van der Waals surface area (Å²) in [6, 6.07) is 11.0. The molecule has 1 aromatic carbocycles. The largest absolute Gasteiger partial charge is 0.487 e. The molecule has 0 spiro atoms. The zero-order valence-corrected chi connectivity index (χ0v) is 14.5. The fraction of sp³-hybridized carbons (Fsp3) is 0.222. The van der Waals surface area contributed by atoms with Gasteiger partial charge in [0.25, 0.3) is 0 Å². The van der Waals surface area contributed by atoms with E-state index in [4.69, 9.17) is 15.3 Å². The predicted octanol–water partition coefficient (Wildman–Crippen LogP) is 2.92. The number of hydrogen-bond acceptors (Lipinski definition) is 6. The fourth-order valence-electron chi connectivity index (χ4n) is 2.00. The molecule has 25 heavy (non-hydrogen) atoms. The van der Waals surface area contributed by atoms with Gasteiger partial charge >= 0.3 is 0 Å². The van der Waals surface area contributed by atoms with Crippen LogP contribution in [0, 0.1) is 29.6 Å². The number of aromatic nitrogens is 1. The second-order valence-corrected chi connectivity index (χ2v) is 6.13. The zero-order chi connectivity index (χ0) is 18.1. The SMILES string of the molecule is Cc1nc(COc2cccc(C=CC(=O)N(CC#N)CC#N)c2)cs1. The lowest BCUT2D eigenvalue weighted by molar-refractivity contribution is -0.124. The number of amides is 1. The van der Waals surface area contributed by atoms with Crippen LogP contribution < -0.4 is 4.74 Å². The normalized spacial score (nSPS) is 10.2. The summed E-state index contributed by atoms with van der Waals surface area (Å²) in [6.45, 7) is 2.09. The van der Waals surface area contributed by atoms with E-state index in [1.165, 1.54) is 11.0 Å². The van der Waals surface area contributed by atoms with Crippen LogP contribution in [0.4, 0.5) is 0 Å². The first-order valence-corrected chi connectivity index (χ1v) is 8.35. The Balaban J connectivity index is 1.99. The van der Waals surface area contributed by atoms with Crippen molar-refractivity contribution in [2.75, 3.05) is 13.1 Å². The summed E-state index contributed by atoms with van der Waals surface area (Å²) in [7, 11) is 0. The van der Waals surface area contributed by atoms with Crippen molar-refractivity contribution < 1.29 is 9.53 Å². The van der Waals surface area contributed by atoms with Gasteiger partial charge in [0.15, 0.2) is 0 Å². The molecule has 126 valence electrons. The highest BCUT2D eigenvalue weighted by Gasteiger charge is 2.09. The van der Waals surface area contributed by atoms with Crippen LogP contribution in [0.5, 0.6) is 5.75 Å². The summed E-state index contributed by atoms with van der Waals surface area (Å²) < 4.78 is 5.71. The lowest BCUT2D eigenvalue weighted by Gasteiger charge is -2.12. The quantitative estimate of drug-likeness (QED) is 0.564. The molecule has 0 aliphatic carbocycles. The molecule has 0 aliphatic rings. The van der Waals surface area contributed by atoms with Gasteiger partial charge in [0, 0.05) is 11.5 Å². The molecule has 0 saturated carbocycles. The van der Waals surface area contributed by atoms with Gasteiger partial charge in [-0.25, -0.2) is 4.98 Å². The van der Waals surface area contributed by atoms with Crippen LogP contribution >= 0.6 is 11.3 Å². The van der Waals surface area contributed by atoms with Crippen molar-refractivity contribution >= 4 is 23.3 Å². The van der Waals surface area contributed by atoms with Crippen molar-refractivity contribution in [2.45, 2.75) is 13.5 Å². The van der Waals surface area contributed by atoms with Crippen molar-refractivity contribution in [3.05, 3.63) is 52.0 Å². The zero-order valence-electron chi connectivity index (χ0n) is 13.7. The Morgan fingerprint density at radius 3 is 2.76 bits per heavy atom. The summed E-state index contributed by atoms with van der Waals surface area (Å²) in [5, 5.41) is 20.3. The standard InChI is InChI=1S/C18H16N4O2S/c1-14-21-16(13-25-14)12-24-17-4-2-3-15(11-17)5-6-18(23)22(9-7-19)10-8-20/h2-6,11,13H,9-10,12H2,1H3. The van der Waals surface area contributed by atoms with Gasteiger partial charge in [-0.15, -0.1) is 11.3 Å². The van der Waals surface area contributed by atoms with Crippen molar-refractivity contribution in [3.63, 3.8) is 0 Å². The number of benzene rings is 1. The van der Waals surface area contributed by atoms with Gasteiger partial charge in [0.2, 0.25) is 5.91 Å². The summed E-state index contributed by atoms with van der Waals surface area (Å²) in [5.41, 5.74) is 1.66. The van der Waals surface area contributed by atoms with Gasteiger partial charge in [0.05, 0.1) is 22.8 Å². The second kappa shape index (κ2) is 9.21. The number of thiazole rings is 1. The minimum atomic E-state index is -0.382. The first kappa shape index (κ1) is 18.2. The maximum absolute atomic E-state index is 12.0. The summed E-state index contributed by atoms with van der Waals surface area (Å²) >= 11 is 1.57. The van der Waals surface area contributed by atoms with Crippen LogP contribution in [0.25, 0.3) is 6.08 Å². The van der Waals surface area contributed by atoms with Crippen LogP contribution in [0.2, 0.25) is 0 Å². The van der Waals surface area contributed by atoms with E-state index in [0.29, 0.717) is 12.4 Å². The molecule has 0 bridgehead atoms. The molecule has 1 amide bonds. The monoisotopic (exact) mass is 352 g/mol. The Morgan fingerprint density at radius 2 is 2.12 bits per heavy atom. The third kappa shape index (κ3) is 5.76. The van der Waals surface area contributed by atoms with Crippen LogP contribution in [0.3, 0.4) is 0 Å².